The summed E-state index contributed by atoms with van der Waals surface area (Å²) in [4.78, 5) is 20.4. The van der Waals surface area contributed by atoms with Crippen molar-refractivity contribution in [3.05, 3.63) is 54.4 Å². The average Bonchev–Trinajstić information content (AvgIpc) is 2.67. The summed E-state index contributed by atoms with van der Waals surface area (Å²) in [6.07, 6.45) is 7.68. The van der Waals surface area contributed by atoms with E-state index in [2.05, 4.69) is 21.2 Å². The van der Waals surface area contributed by atoms with Crippen LogP contribution < -0.4 is 10.1 Å². The molecule has 0 bridgehead atoms. The molecule has 3 aromatic rings. The number of nitrogens with zero attached hydrogens (tertiary/aromatic N) is 2. The van der Waals surface area contributed by atoms with Gasteiger partial charge in [-0.1, -0.05) is 25.0 Å². The van der Waals surface area contributed by atoms with E-state index < -0.39 is 0 Å². The maximum atomic E-state index is 11.7. The van der Waals surface area contributed by atoms with Crippen LogP contribution in [0.15, 0.2) is 48.8 Å². The highest BCUT2D eigenvalue weighted by Gasteiger charge is 2.08. The smallest absolute Gasteiger partial charge is 0.148 e. The Kier molecular flexibility index (Phi) is 5.45. The van der Waals surface area contributed by atoms with Gasteiger partial charge in [0.25, 0.3) is 0 Å². The van der Waals surface area contributed by atoms with E-state index >= 15 is 0 Å². The Labute approximate surface area is 152 Å². The summed E-state index contributed by atoms with van der Waals surface area (Å²) in [5.41, 5.74) is 2.60. The Bertz CT molecular complexity index is 976. The van der Waals surface area contributed by atoms with Gasteiger partial charge in [0.15, 0.2) is 0 Å². The van der Waals surface area contributed by atoms with Gasteiger partial charge in [-0.2, -0.15) is 0 Å². The summed E-state index contributed by atoms with van der Waals surface area (Å²) < 4.78 is 5.45. The molecule has 0 spiro atoms. The molecule has 0 saturated carbocycles. The second-order valence-electron chi connectivity index (χ2n) is 5.79. The van der Waals surface area contributed by atoms with E-state index in [-0.39, 0.29) is 12.4 Å². The van der Waals surface area contributed by atoms with Crippen LogP contribution in [0, 0.1) is 12.3 Å². The zero-order valence-corrected chi connectivity index (χ0v) is 14.5. The van der Waals surface area contributed by atoms with Gasteiger partial charge in [0.05, 0.1) is 5.52 Å². The Morgan fingerprint density at radius 3 is 2.92 bits per heavy atom. The van der Waals surface area contributed by atoms with Crippen molar-refractivity contribution in [2.45, 2.75) is 19.8 Å². The third-order valence-electron chi connectivity index (χ3n) is 3.91. The third-order valence-corrected chi connectivity index (χ3v) is 3.91. The molecule has 1 heterocycles. The number of benzene rings is 2. The minimum Gasteiger partial charge on any atom is -0.481 e. The topological polar surface area (TPSA) is 64.1 Å². The van der Waals surface area contributed by atoms with Crippen molar-refractivity contribution in [2.75, 3.05) is 11.9 Å². The first-order valence-corrected chi connectivity index (χ1v) is 8.38. The molecule has 0 aliphatic heterocycles. The number of aromatic nitrogens is 2. The largest absolute Gasteiger partial charge is 0.481 e. The normalized spacial score (nSPS) is 10.3. The molecule has 0 fully saturated rings. The number of ketones is 1. The van der Waals surface area contributed by atoms with Crippen LogP contribution in [0.1, 0.15) is 18.9 Å². The molecule has 5 heteroatoms. The molecule has 0 amide bonds. The van der Waals surface area contributed by atoms with Crippen molar-refractivity contribution in [2.24, 2.45) is 0 Å². The first-order valence-electron chi connectivity index (χ1n) is 8.38. The van der Waals surface area contributed by atoms with Gasteiger partial charge in [-0.25, -0.2) is 9.97 Å². The van der Waals surface area contributed by atoms with E-state index in [0.717, 1.165) is 22.2 Å². The number of carbonyl (C=O) groups excluding carboxylic acids is 1. The van der Waals surface area contributed by atoms with Crippen LogP contribution in [-0.4, -0.2) is 22.4 Å². The second-order valence-corrected chi connectivity index (χ2v) is 5.79. The molecule has 26 heavy (non-hydrogen) atoms. The lowest BCUT2D eigenvalue weighted by molar-refractivity contribution is -0.118. The first kappa shape index (κ1) is 17.4. The summed E-state index contributed by atoms with van der Waals surface area (Å²) in [6.45, 7) is 2.09. The molecular weight excluding hydrogens is 326 g/mol. The SMILES string of the molecule is C#CCOc1cccc(Nc2ncnc3ccc(CC(=O)CC)cc23)c1. The van der Waals surface area contributed by atoms with Gasteiger partial charge < -0.3 is 10.1 Å². The highest BCUT2D eigenvalue weighted by atomic mass is 16.5. The summed E-state index contributed by atoms with van der Waals surface area (Å²) in [5, 5.41) is 4.16. The fourth-order valence-corrected chi connectivity index (χ4v) is 2.59. The van der Waals surface area contributed by atoms with Gasteiger partial charge in [0.1, 0.15) is 30.3 Å². The van der Waals surface area contributed by atoms with Crippen molar-refractivity contribution >= 4 is 28.2 Å². The van der Waals surface area contributed by atoms with Crippen LogP contribution in [-0.2, 0) is 11.2 Å². The number of hydrogen-bond acceptors (Lipinski definition) is 5. The van der Waals surface area contributed by atoms with Crippen LogP contribution in [0.25, 0.3) is 10.9 Å². The molecule has 0 saturated heterocycles. The van der Waals surface area contributed by atoms with Crippen molar-refractivity contribution in [1.29, 1.82) is 0 Å². The standard InChI is InChI=1S/C21H19N3O2/c1-3-10-26-18-7-5-6-16(13-18)24-21-19-12-15(11-17(25)4-2)8-9-20(19)22-14-23-21/h1,5-9,12-14H,4,10-11H2,2H3,(H,22,23,24). The number of hydrogen-bond donors (Lipinski definition) is 1. The van der Waals surface area contributed by atoms with Gasteiger partial charge >= 0.3 is 0 Å². The number of rotatable bonds is 7. The highest BCUT2D eigenvalue weighted by molar-refractivity contribution is 5.92. The number of anilines is 2. The maximum absolute atomic E-state index is 11.7. The number of ether oxygens (including phenoxy) is 1. The monoisotopic (exact) mass is 345 g/mol. The zero-order chi connectivity index (χ0) is 18.4. The lowest BCUT2D eigenvalue weighted by Gasteiger charge is -2.11. The lowest BCUT2D eigenvalue weighted by atomic mass is 10.1. The van der Waals surface area contributed by atoms with Gasteiger partial charge in [-0.3, -0.25) is 4.79 Å². The van der Waals surface area contributed by atoms with Gasteiger partial charge in [0.2, 0.25) is 0 Å². The quantitative estimate of drug-likeness (QED) is 0.658. The molecule has 0 unspecified atom stereocenters. The number of Topliss-reactive ketones (excluding diaryl/α,β-unsaturated/α-hetero) is 1. The number of nitrogens with one attached hydrogen (secondary N) is 1. The Morgan fingerprint density at radius 1 is 1.23 bits per heavy atom. The van der Waals surface area contributed by atoms with Crippen molar-refractivity contribution in [3.8, 4) is 18.1 Å². The number of terminal acetylenes is 1. The van der Waals surface area contributed by atoms with E-state index in [1.165, 1.54) is 6.33 Å². The van der Waals surface area contributed by atoms with Crippen LogP contribution in [0.4, 0.5) is 11.5 Å². The van der Waals surface area contributed by atoms with Gasteiger partial charge in [-0.15, -0.1) is 6.42 Å². The maximum Gasteiger partial charge on any atom is 0.148 e. The van der Waals surface area contributed by atoms with E-state index in [9.17, 15) is 4.79 Å². The van der Waals surface area contributed by atoms with E-state index in [1.807, 2.05) is 49.4 Å². The highest BCUT2D eigenvalue weighted by Crippen LogP contribution is 2.26. The number of fused-ring (bicyclic) bond motifs is 1. The third kappa shape index (κ3) is 4.17. The fraction of sp³-hybridized carbons (Fsp3) is 0.190. The lowest BCUT2D eigenvalue weighted by Crippen LogP contribution is -2.01. The van der Waals surface area contributed by atoms with E-state index in [4.69, 9.17) is 11.2 Å². The first-order chi connectivity index (χ1) is 12.7. The average molecular weight is 345 g/mol. The molecule has 0 aliphatic rings. The molecular formula is C21H19N3O2. The Balaban J connectivity index is 1.91. The zero-order valence-electron chi connectivity index (χ0n) is 14.5. The summed E-state index contributed by atoms with van der Waals surface area (Å²) in [6, 6.07) is 13.3. The second kappa shape index (κ2) is 8.13. The molecule has 2 aromatic carbocycles. The minimum absolute atomic E-state index is 0.203. The fourth-order valence-electron chi connectivity index (χ4n) is 2.59. The molecule has 3 rings (SSSR count). The van der Waals surface area contributed by atoms with Crippen LogP contribution in [0.2, 0.25) is 0 Å². The molecule has 1 aromatic heterocycles. The van der Waals surface area contributed by atoms with E-state index in [1.54, 1.807) is 0 Å². The van der Waals surface area contributed by atoms with Gasteiger partial charge in [-0.05, 0) is 29.8 Å². The van der Waals surface area contributed by atoms with E-state index in [0.29, 0.717) is 24.4 Å². The molecule has 0 radical (unpaired) electrons. The van der Waals surface area contributed by atoms with Crippen molar-refractivity contribution in [3.63, 3.8) is 0 Å². The van der Waals surface area contributed by atoms with Crippen molar-refractivity contribution in [1.82, 2.24) is 9.97 Å². The molecule has 1 N–H and O–H groups in total. The van der Waals surface area contributed by atoms with Crippen LogP contribution in [0.3, 0.4) is 0 Å². The predicted molar refractivity (Wildman–Crippen MR) is 103 cm³/mol. The summed E-state index contributed by atoms with van der Waals surface area (Å²) in [5.74, 6) is 4.01. The number of carbonyl (C=O) groups is 1. The molecule has 130 valence electrons. The molecule has 5 nitrogen and oxygen atoms in total. The van der Waals surface area contributed by atoms with Crippen LogP contribution >= 0.6 is 0 Å². The Morgan fingerprint density at radius 2 is 2.12 bits per heavy atom. The summed E-state index contributed by atoms with van der Waals surface area (Å²) in [7, 11) is 0. The van der Waals surface area contributed by atoms with Crippen molar-refractivity contribution < 1.29 is 9.53 Å². The minimum atomic E-state index is 0.203. The van der Waals surface area contributed by atoms with Crippen LogP contribution in [0.5, 0.6) is 5.75 Å². The Hall–Kier alpha value is -3.39. The molecule has 0 aliphatic carbocycles. The van der Waals surface area contributed by atoms with Gasteiger partial charge in [0, 0.05) is 30.0 Å². The predicted octanol–water partition coefficient (Wildman–Crippen LogP) is 3.91. The summed E-state index contributed by atoms with van der Waals surface area (Å²) >= 11 is 0. The molecule has 0 atom stereocenters.